The molecule has 43 heavy (non-hydrogen) atoms. The minimum Gasteiger partial charge on any atom is -0.497 e. The fourth-order valence-corrected chi connectivity index (χ4v) is 6.25. The van der Waals surface area contributed by atoms with Gasteiger partial charge in [-0.25, -0.2) is 8.42 Å². The van der Waals surface area contributed by atoms with Crippen LogP contribution in [0.3, 0.4) is 0 Å². The number of sulfonamides is 1. The number of amides is 1. The van der Waals surface area contributed by atoms with E-state index in [2.05, 4.69) is 9.62 Å². The van der Waals surface area contributed by atoms with E-state index in [0.29, 0.717) is 31.1 Å². The van der Waals surface area contributed by atoms with Crippen molar-refractivity contribution in [3.8, 4) is 23.0 Å². The minimum atomic E-state index is -3.94. The first-order valence-corrected chi connectivity index (χ1v) is 15.5. The number of carbonyl (C=O) groups excluding carboxylic acids is 1. The normalized spacial score (nSPS) is 18.8. The van der Waals surface area contributed by atoms with Gasteiger partial charge in [-0.15, -0.1) is 0 Å². The Labute approximate surface area is 252 Å². The molecule has 0 aromatic heterocycles. The number of fused-ring (bicyclic) bond motifs is 2. The Bertz CT molecular complexity index is 1560. The summed E-state index contributed by atoms with van der Waals surface area (Å²) in [7, 11) is -0.438. The Balaban J connectivity index is 1.39. The highest BCUT2D eigenvalue weighted by Gasteiger charge is 2.34. The van der Waals surface area contributed by atoms with Crippen molar-refractivity contribution < 1.29 is 37.3 Å². The number of methoxy groups -OCH3 is 1. The number of ether oxygens (including phenoxy) is 4. The number of aliphatic hydroxyl groups is 1. The van der Waals surface area contributed by atoms with E-state index in [1.807, 2.05) is 32.2 Å². The number of nitrogens with one attached hydrogen (secondary N) is 1. The molecule has 2 aliphatic rings. The quantitative estimate of drug-likeness (QED) is 0.354. The summed E-state index contributed by atoms with van der Waals surface area (Å²) in [5, 5.41) is 9.96. The predicted octanol–water partition coefficient (Wildman–Crippen LogP) is 3.58. The van der Waals surface area contributed by atoms with Crippen LogP contribution >= 0.6 is 0 Å². The largest absolute Gasteiger partial charge is 0.497 e. The second-order valence-corrected chi connectivity index (χ2v) is 12.7. The number of carbonyl (C=O) groups is 1. The van der Waals surface area contributed by atoms with Crippen molar-refractivity contribution in [3.63, 3.8) is 0 Å². The van der Waals surface area contributed by atoms with Gasteiger partial charge in [-0.05, 0) is 74.1 Å². The van der Waals surface area contributed by atoms with Gasteiger partial charge < -0.3 is 29.0 Å². The fraction of sp³-hybridized carbons (Fsp3) is 0.387. The van der Waals surface area contributed by atoms with Gasteiger partial charge in [0.15, 0.2) is 11.5 Å². The number of nitrogens with zero attached hydrogens (tertiary/aromatic N) is 2. The zero-order valence-electron chi connectivity index (χ0n) is 24.6. The monoisotopic (exact) mass is 611 g/mol. The number of hydrogen-bond acceptors (Lipinski definition) is 9. The Morgan fingerprint density at radius 2 is 1.79 bits per heavy atom. The third-order valence-electron chi connectivity index (χ3n) is 7.67. The van der Waals surface area contributed by atoms with E-state index < -0.39 is 16.1 Å². The summed E-state index contributed by atoms with van der Waals surface area (Å²) in [4.78, 5) is 17.6. The average Bonchev–Trinajstić information content (AvgIpc) is 3.46. The van der Waals surface area contributed by atoms with E-state index in [-0.39, 0.29) is 47.5 Å². The third kappa shape index (κ3) is 6.82. The SMILES string of the molecule is COc1ccc(S(=O)(=O)Nc2ccc3c(c2)C(=O)N([C@@H](C)CO)C[C@@H](C)[C@H](CN(C)Cc2ccc4c(c2)OCO4)O3)cc1. The van der Waals surface area contributed by atoms with Gasteiger partial charge in [0.2, 0.25) is 6.79 Å². The van der Waals surface area contributed by atoms with Gasteiger partial charge in [0, 0.05) is 31.2 Å². The van der Waals surface area contributed by atoms with Gasteiger partial charge in [0.1, 0.15) is 17.6 Å². The smallest absolute Gasteiger partial charge is 0.261 e. The van der Waals surface area contributed by atoms with Crippen molar-refractivity contribution in [3.05, 3.63) is 71.8 Å². The summed E-state index contributed by atoms with van der Waals surface area (Å²) in [5.41, 5.74) is 1.49. The van der Waals surface area contributed by atoms with Crippen molar-refractivity contribution in [2.24, 2.45) is 5.92 Å². The lowest BCUT2D eigenvalue weighted by molar-refractivity contribution is 0.0341. The van der Waals surface area contributed by atoms with Gasteiger partial charge >= 0.3 is 0 Å². The number of benzene rings is 3. The number of likely N-dealkylation sites (N-methyl/N-ethyl adjacent to an activating group) is 1. The summed E-state index contributed by atoms with van der Waals surface area (Å²) in [6.45, 7) is 5.34. The molecule has 3 aromatic carbocycles. The highest BCUT2D eigenvalue weighted by atomic mass is 32.2. The summed E-state index contributed by atoms with van der Waals surface area (Å²) >= 11 is 0. The molecule has 1 amide bonds. The molecule has 0 spiro atoms. The van der Waals surface area contributed by atoms with Gasteiger partial charge in [-0.2, -0.15) is 0 Å². The van der Waals surface area contributed by atoms with Crippen LogP contribution in [0.1, 0.15) is 29.8 Å². The van der Waals surface area contributed by atoms with E-state index in [0.717, 1.165) is 17.1 Å². The molecule has 0 aliphatic carbocycles. The zero-order chi connectivity index (χ0) is 30.7. The predicted molar refractivity (Wildman–Crippen MR) is 160 cm³/mol. The van der Waals surface area contributed by atoms with Crippen molar-refractivity contribution in [2.45, 2.75) is 37.4 Å². The highest BCUT2D eigenvalue weighted by molar-refractivity contribution is 7.92. The van der Waals surface area contributed by atoms with E-state index in [1.165, 1.54) is 25.3 Å². The Kier molecular flexibility index (Phi) is 9.00. The average molecular weight is 612 g/mol. The lowest BCUT2D eigenvalue weighted by Gasteiger charge is -2.38. The molecule has 5 rings (SSSR count). The van der Waals surface area contributed by atoms with Crippen LogP contribution in [-0.2, 0) is 16.6 Å². The molecule has 3 aromatic rings. The van der Waals surface area contributed by atoms with Crippen LogP contribution in [0.2, 0.25) is 0 Å². The number of aliphatic hydroxyl groups excluding tert-OH is 1. The van der Waals surface area contributed by atoms with Crippen molar-refractivity contribution >= 4 is 21.6 Å². The molecule has 2 N–H and O–H groups in total. The third-order valence-corrected chi connectivity index (χ3v) is 9.07. The van der Waals surface area contributed by atoms with Crippen LogP contribution in [0, 0.1) is 5.92 Å². The van der Waals surface area contributed by atoms with E-state index in [9.17, 15) is 18.3 Å². The molecule has 0 saturated carbocycles. The molecular formula is C31H37N3O8S. The Morgan fingerprint density at radius 3 is 2.51 bits per heavy atom. The van der Waals surface area contributed by atoms with Crippen molar-refractivity contribution in [1.82, 2.24) is 9.80 Å². The molecule has 2 aliphatic heterocycles. The lowest BCUT2D eigenvalue weighted by Crippen LogP contribution is -2.49. The number of rotatable bonds is 10. The summed E-state index contributed by atoms with van der Waals surface area (Å²) in [5.74, 6) is 1.92. The molecule has 11 nitrogen and oxygen atoms in total. The summed E-state index contributed by atoms with van der Waals surface area (Å²) < 4.78 is 51.3. The molecule has 0 fully saturated rings. The zero-order valence-corrected chi connectivity index (χ0v) is 25.5. The molecular weight excluding hydrogens is 574 g/mol. The van der Waals surface area contributed by atoms with E-state index in [4.69, 9.17) is 18.9 Å². The van der Waals surface area contributed by atoms with Crippen LogP contribution in [0.5, 0.6) is 23.0 Å². The van der Waals surface area contributed by atoms with Gasteiger partial charge in [0.05, 0.1) is 30.2 Å². The lowest BCUT2D eigenvalue weighted by atomic mass is 9.99. The van der Waals surface area contributed by atoms with Crippen LogP contribution < -0.4 is 23.7 Å². The first-order chi connectivity index (χ1) is 20.6. The Hall–Kier alpha value is -4.00. The molecule has 12 heteroatoms. The standard InChI is InChI=1S/C31H37N3O8S/c1-20-15-34(21(2)18-35)31(36)26-14-23(32-43(37,38)25-9-7-24(39-4)8-10-25)6-12-27(26)42-30(20)17-33(3)16-22-5-11-28-29(13-22)41-19-40-28/h5-14,20-21,30,32,35H,15-19H2,1-4H3/t20-,21+,30+/m1/s1. The molecule has 0 radical (unpaired) electrons. The highest BCUT2D eigenvalue weighted by Crippen LogP contribution is 2.34. The van der Waals surface area contributed by atoms with Crippen LogP contribution in [0.15, 0.2) is 65.6 Å². The van der Waals surface area contributed by atoms with Crippen molar-refractivity contribution in [2.75, 3.05) is 45.4 Å². The maximum absolute atomic E-state index is 13.8. The van der Waals surface area contributed by atoms with Crippen LogP contribution in [-0.4, -0.2) is 82.0 Å². The summed E-state index contributed by atoms with van der Waals surface area (Å²) in [6.07, 6.45) is -0.305. The Morgan fingerprint density at radius 1 is 1.07 bits per heavy atom. The van der Waals surface area contributed by atoms with Crippen molar-refractivity contribution in [1.29, 1.82) is 0 Å². The van der Waals surface area contributed by atoms with Gasteiger partial charge in [-0.3, -0.25) is 14.4 Å². The van der Waals surface area contributed by atoms with Gasteiger partial charge in [-0.1, -0.05) is 13.0 Å². The first-order valence-electron chi connectivity index (χ1n) is 14.0. The minimum absolute atomic E-state index is 0.0533. The maximum atomic E-state index is 13.8. The van der Waals surface area contributed by atoms with Crippen LogP contribution in [0.25, 0.3) is 0 Å². The van der Waals surface area contributed by atoms with Gasteiger partial charge in [0.25, 0.3) is 15.9 Å². The molecule has 2 heterocycles. The first kappa shape index (κ1) is 30.5. The molecule has 0 saturated heterocycles. The maximum Gasteiger partial charge on any atom is 0.261 e. The molecule has 3 atom stereocenters. The van der Waals surface area contributed by atoms with E-state index in [1.54, 1.807) is 36.1 Å². The second-order valence-electron chi connectivity index (χ2n) is 11.0. The summed E-state index contributed by atoms with van der Waals surface area (Å²) in [6, 6.07) is 16.1. The number of hydrogen-bond donors (Lipinski definition) is 2. The topological polar surface area (TPSA) is 127 Å². The second kappa shape index (κ2) is 12.7. The molecule has 0 bridgehead atoms. The fourth-order valence-electron chi connectivity index (χ4n) is 5.20. The number of anilines is 1. The molecule has 230 valence electrons. The molecule has 0 unspecified atom stereocenters. The van der Waals surface area contributed by atoms with E-state index >= 15 is 0 Å². The van der Waals surface area contributed by atoms with Crippen LogP contribution in [0.4, 0.5) is 5.69 Å².